The van der Waals surface area contributed by atoms with Gasteiger partial charge in [0.1, 0.15) is 24.7 Å². The van der Waals surface area contributed by atoms with Crippen LogP contribution in [0.4, 0.5) is 0 Å². The molecule has 0 radical (unpaired) electrons. The van der Waals surface area contributed by atoms with Gasteiger partial charge in [0, 0.05) is 49.1 Å². The topological polar surface area (TPSA) is 105 Å². The number of hydrogen-bond acceptors (Lipinski definition) is 8. The first-order chi connectivity index (χ1) is 18.8. The van der Waals surface area contributed by atoms with Gasteiger partial charge in [0.15, 0.2) is 0 Å². The summed E-state index contributed by atoms with van der Waals surface area (Å²) >= 11 is 0. The third-order valence-electron chi connectivity index (χ3n) is 5.44. The maximum Gasteiger partial charge on any atom is 0.129 e. The molecule has 3 aromatic rings. The Kier molecular flexibility index (Phi) is 14.4. The molecular formula is C28H40N2O8. The molecule has 2 heterocycles. The van der Waals surface area contributed by atoms with Gasteiger partial charge < -0.3 is 47.9 Å². The Hall–Kier alpha value is -2.86. The number of rotatable bonds is 22. The first-order valence-electron chi connectivity index (χ1n) is 12.8. The van der Waals surface area contributed by atoms with E-state index in [0.717, 1.165) is 34.0 Å². The lowest BCUT2D eigenvalue weighted by Crippen LogP contribution is -2.13. The summed E-state index contributed by atoms with van der Waals surface area (Å²) in [6.45, 7) is 5.98. The average molecular weight is 533 g/mol. The van der Waals surface area contributed by atoms with Gasteiger partial charge in [-0.15, -0.1) is 0 Å². The summed E-state index contributed by atoms with van der Waals surface area (Å²) in [5, 5.41) is 0. The fourth-order valence-corrected chi connectivity index (χ4v) is 3.57. The minimum absolute atomic E-state index is 0.399. The van der Waals surface area contributed by atoms with Crippen molar-refractivity contribution in [3.05, 3.63) is 48.8 Å². The van der Waals surface area contributed by atoms with Gasteiger partial charge in [0.05, 0.1) is 66.1 Å². The van der Waals surface area contributed by atoms with Crippen molar-refractivity contribution < 1.29 is 37.9 Å². The zero-order chi connectivity index (χ0) is 26.7. The SMILES string of the molecule is COCCOCCOCCOc1cc(-c2ccc[nH]2)c(OCCOCCOCCOC)cc1-c1ccc[nH]1. The molecule has 0 atom stereocenters. The molecule has 210 valence electrons. The molecule has 0 bridgehead atoms. The van der Waals surface area contributed by atoms with E-state index in [1.807, 2.05) is 48.8 Å². The van der Waals surface area contributed by atoms with Crippen molar-refractivity contribution in [3.8, 4) is 34.0 Å². The summed E-state index contributed by atoms with van der Waals surface area (Å²) in [5.41, 5.74) is 3.66. The lowest BCUT2D eigenvalue weighted by atomic mass is 10.0. The number of nitrogens with one attached hydrogen (secondary N) is 2. The quantitative estimate of drug-likeness (QED) is 0.188. The third-order valence-corrected chi connectivity index (χ3v) is 5.44. The highest BCUT2D eigenvalue weighted by Crippen LogP contribution is 2.40. The zero-order valence-corrected chi connectivity index (χ0v) is 22.4. The monoisotopic (exact) mass is 532 g/mol. The van der Waals surface area contributed by atoms with E-state index in [1.165, 1.54) is 0 Å². The van der Waals surface area contributed by atoms with E-state index in [4.69, 9.17) is 37.9 Å². The second-order valence-corrected chi connectivity index (χ2v) is 8.14. The molecule has 0 unspecified atom stereocenters. The highest BCUT2D eigenvalue weighted by Gasteiger charge is 2.16. The van der Waals surface area contributed by atoms with E-state index in [-0.39, 0.29) is 0 Å². The molecule has 10 heteroatoms. The van der Waals surface area contributed by atoms with E-state index in [1.54, 1.807) is 14.2 Å². The van der Waals surface area contributed by atoms with Crippen LogP contribution in [-0.2, 0) is 28.4 Å². The second-order valence-electron chi connectivity index (χ2n) is 8.14. The average Bonchev–Trinajstić information content (AvgIpc) is 3.66. The van der Waals surface area contributed by atoms with E-state index >= 15 is 0 Å². The van der Waals surface area contributed by atoms with Crippen molar-refractivity contribution in [2.75, 3.05) is 93.5 Å². The summed E-state index contributed by atoms with van der Waals surface area (Å²) < 4.78 is 44.4. The van der Waals surface area contributed by atoms with Crippen molar-refractivity contribution in [1.29, 1.82) is 0 Å². The number of aromatic nitrogens is 2. The van der Waals surface area contributed by atoms with Crippen LogP contribution in [0, 0.1) is 0 Å². The Morgan fingerprint density at radius 3 is 1.21 bits per heavy atom. The largest absolute Gasteiger partial charge is 0.490 e. The van der Waals surface area contributed by atoms with Crippen molar-refractivity contribution in [2.24, 2.45) is 0 Å². The minimum Gasteiger partial charge on any atom is -0.490 e. The van der Waals surface area contributed by atoms with Gasteiger partial charge in [0.2, 0.25) is 0 Å². The van der Waals surface area contributed by atoms with Gasteiger partial charge in [-0.3, -0.25) is 0 Å². The van der Waals surface area contributed by atoms with E-state index in [2.05, 4.69) is 9.97 Å². The molecule has 2 aromatic heterocycles. The van der Waals surface area contributed by atoms with Gasteiger partial charge in [-0.25, -0.2) is 0 Å². The van der Waals surface area contributed by atoms with Crippen molar-refractivity contribution in [2.45, 2.75) is 0 Å². The van der Waals surface area contributed by atoms with Crippen LogP contribution in [0.1, 0.15) is 0 Å². The number of hydrogen-bond donors (Lipinski definition) is 2. The van der Waals surface area contributed by atoms with Gasteiger partial charge in [-0.1, -0.05) is 0 Å². The molecule has 2 N–H and O–H groups in total. The maximum atomic E-state index is 6.17. The van der Waals surface area contributed by atoms with Gasteiger partial charge in [-0.05, 0) is 36.4 Å². The van der Waals surface area contributed by atoms with Crippen molar-refractivity contribution in [3.63, 3.8) is 0 Å². The summed E-state index contributed by atoms with van der Waals surface area (Å²) in [7, 11) is 3.30. The number of H-pyrrole nitrogens is 2. The molecule has 3 rings (SSSR count). The Morgan fingerprint density at radius 2 is 0.868 bits per heavy atom. The van der Waals surface area contributed by atoms with Crippen LogP contribution in [0.3, 0.4) is 0 Å². The molecular weight excluding hydrogens is 492 g/mol. The standard InChI is InChI=1S/C28H40N2O8/c1-31-9-11-33-13-15-35-17-19-37-27-21-24(26-6-4-8-30-26)28(22-23(27)25-5-3-7-29-25)38-20-18-36-16-14-34-12-10-32-2/h3-8,21-22,29-30H,9-20H2,1-2H3. The maximum absolute atomic E-state index is 6.17. The van der Waals surface area contributed by atoms with Crippen LogP contribution in [0.2, 0.25) is 0 Å². The van der Waals surface area contributed by atoms with Crippen LogP contribution < -0.4 is 9.47 Å². The Morgan fingerprint density at radius 1 is 0.500 bits per heavy atom. The van der Waals surface area contributed by atoms with E-state index in [9.17, 15) is 0 Å². The molecule has 0 amide bonds. The summed E-state index contributed by atoms with van der Waals surface area (Å²) in [5.74, 6) is 1.46. The predicted molar refractivity (Wildman–Crippen MR) is 144 cm³/mol. The van der Waals surface area contributed by atoms with E-state index in [0.29, 0.717) is 79.3 Å². The molecule has 0 saturated carbocycles. The molecule has 0 aliphatic heterocycles. The number of aromatic amines is 2. The second kappa shape index (κ2) is 18.4. The minimum atomic E-state index is 0.399. The Bertz CT molecular complexity index is 899. The first-order valence-corrected chi connectivity index (χ1v) is 12.8. The lowest BCUT2D eigenvalue weighted by molar-refractivity contribution is 0.0178. The Balaban J connectivity index is 1.59. The van der Waals surface area contributed by atoms with E-state index < -0.39 is 0 Å². The molecule has 0 spiro atoms. The van der Waals surface area contributed by atoms with Gasteiger partial charge in [-0.2, -0.15) is 0 Å². The van der Waals surface area contributed by atoms with Crippen molar-refractivity contribution in [1.82, 2.24) is 9.97 Å². The lowest BCUT2D eigenvalue weighted by Gasteiger charge is -2.17. The van der Waals surface area contributed by atoms with Crippen LogP contribution in [0.25, 0.3) is 22.5 Å². The summed E-state index contributed by atoms with van der Waals surface area (Å²) in [6.07, 6.45) is 3.77. The van der Waals surface area contributed by atoms with Crippen LogP contribution >= 0.6 is 0 Å². The zero-order valence-electron chi connectivity index (χ0n) is 22.4. The highest BCUT2D eigenvalue weighted by atomic mass is 16.6. The number of methoxy groups -OCH3 is 2. The molecule has 0 saturated heterocycles. The fraction of sp³-hybridized carbons (Fsp3) is 0.500. The number of ether oxygens (including phenoxy) is 8. The van der Waals surface area contributed by atoms with Crippen LogP contribution in [0.15, 0.2) is 48.8 Å². The normalized spacial score (nSPS) is 11.2. The van der Waals surface area contributed by atoms with Gasteiger partial charge in [0.25, 0.3) is 0 Å². The first kappa shape index (κ1) is 29.7. The summed E-state index contributed by atoms with van der Waals surface area (Å²) in [6, 6.07) is 11.9. The van der Waals surface area contributed by atoms with Gasteiger partial charge >= 0.3 is 0 Å². The van der Waals surface area contributed by atoms with Crippen molar-refractivity contribution >= 4 is 0 Å². The van der Waals surface area contributed by atoms with Crippen LogP contribution in [0.5, 0.6) is 11.5 Å². The molecule has 0 aliphatic carbocycles. The molecule has 10 nitrogen and oxygen atoms in total. The van der Waals surface area contributed by atoms with Crippen LogP contribution in [-0.4, -0.2) is 103 Å². The smallest absolute Gasteiger partial charge is 0.129 e. The fourth-order valence-electron chi connectivity index (χ4n) is 3.57. The molecule has 0 aliphatic rings. The third kappa shape index (κ3) is 10.5. The molecule has 0 fully saturated rings. The predicted octanol–water partition coefficient (Wildman–Crippen LogP) is 3.79. The highest BCUT2D eigenvalue weighted by molar-refractivity contribution is 5.78. The summed E-state index contributed by atoms with van der Waals surface area (Å²) in [4.78, 5) is 6.53. The number of benzene rings is 1. The molecule has 38 heavy (non-hydrogen) atoms. The molecule has 1 aromatic carbocycles. The Labute approximate surface area is 224 Å².